The second kappa shape index (κ2) is 9.84. The summed E-state index contributed by atoms with van der Waals surface area (Å²) in [5.74, 6) is 0.717. The first kappa shape index (κ1) is 19.0. The fourth-order valence-electron chi connectivity index (χ4n) is 2.46. The molecule has 1 amide bonds. The summed E-state index contributed by atoms with van der Waals surface area (Å²) in [7, 11) is 1.59. The molecule has 0 aliphatic carbocycles. The molecule has 5 heteroatoms. The number of amides is 1. The van der Waals surface area contributed by atoms with E-state index in [2.05, 4.69) is 5.32 Å². The highest BCUT2D eigenvalue weighted by atomic mass is 35.5. The summed E-state index contributed by atoms with van der Waals surface area (Å²) in [6.07, 6.45) is 1.97. The maximum absolute atomic E-state index is 12.1. The first-order chi connectivity index (χ1) is 12.1. The topological polar surface area (TPSA) is 55.4 Å². The van der Waals surface area contributed by atoms with E-state index in [0.29, 0.717) is 36.4 Å². The van der Waals surface area contributed by atoms with E-state index in [1.165, 1.54) is 0 Å². The maximum atomic E-state index is 12.1. The third-order valence-corrected chi connectivity index (χ3v) is 4.08. The first-order valence-electron chi connectivity index (χ1n) is 8.27. The predicted octanol–water partition coefficient (Wildman–Crippen LogP) is 4.06. The maximum Gasteiger partial charge on any atom is 0.220 e. The number of hydrogen-bond donors (Lipinski definition) is 1. The highest BCUT2D eigenvalue weighted by molar-refractivity contribution is 6.30. The van der Waals surface area contributed by atoms with Crippen molar-refractivity contribution in [1.29, 1.82) is 0 Å². The molecule has 0 spiro atoms. The van der Waals surface area contributed by atoms with Crippen LogP contribution in [0.25, 0.3) is 0 Å². The fourth-order valence-corrected chi connectivity index (χ4v) is 2.67. The zero-order valence-corrected chi connectivity index (χ0v) is 15.0. The molecule has 2 aromatic carbocycles. The van der Waals surface area contributed by atoms with E-state index in [1.807, 2.05) is 24.3 Å². The first-order valence-corrected chi connectivity index (χ1v) is 8.64. The van der Waals surface area contributed by atoms with Crippen LogP contribution in [0, 0.1) is 0 Å². The molecule has 0 unspecified atom stereocenters. The van der Waals surface area contributed by atoms with Gasteiger partial charge < -0.3 is 10.1 Å². The van der Waals surface area contributed by atoms with Gasteiger partial charge in [-0.2, -0.15) is 0 Å². The van der Waals surface area contributed by atoms with Crippen LogP contribution in [0.5, 0.6) is 5.75 Å². The average Bonchev–Trinajstić information content (AvgIpc) is 2.62. The molecule has 0 aromatic heterocycles. The van der Waals surface area contributed by atoms with E-state index in [0.717, 1.165) is 17.7 Å². The molecule has 0 aliphatic rings. The molecule has 0 fully saturated rings. The number of Topliss-reactive ketones (excluding diaryl/α,β-unsaturated/α-hetero) is 1. The molecular weight excluding hydrogens is 338 g/mol. The van der Waals surface area contributed by atoms with Gasteiger partial charge in [-0.3, -0.25) is 9.59 Å². The number of benzene rings is 2. The lowest BCUT2D eigenvalue weighted by Gasteiger charge is -2.06. The van der Waals surface area contributed by atoms with Crippen LogP contribution in [-0.2, 0) is 11.2 Å². The lowest BCUT2D eigenvalue weighted by atomic mass is 10.1. The number of halogens is 1. The van der Waals surface area contributed by atoms with Gasteiger partial charge in [-0.1, -0.05) is 23.7 Å². The van der Waals surface area contributed by atoms with Crippen LogP contribution < -0.4 is 10.1 Å². The van der Waals surface area contributed by atoms with Gasteiger partial charge in [-0.05, 0) is 54.8 Å². The van der Waals surface area contributed by atoms with Gasteiger partial charge in [0.15, 0.2) is 5.78 Å². The molecule has 25 heavy (non-hydrogen) atoms. The van der Waals surface area contributed by atoms with Crippen molar-refractivity contribution in [1.82, 2.24) is 5.32 Å². The quantitative estimate of drug-likeness (QED) is 0.687. The van der Waals surface area contributed by atoms with Crippen molar-refractivity contribution in [2.75, 3.05) is 13.7 Å². The van der Waals surface area contributed by atoms with Crippen LogP contribution in [0.3, 0.4) is 0 Å². The Balaban J connectivity index is 1.65. The number of rotatable bonds is 9. The van der Waals surface area contributed by atoms with E-state index in [-0.39, 0.29) is 11.7 Å². The summed E-state index contributed by atoms with van der Waals surface area (Å²) in [5, 5.41) is 3.56. The number of carbonyl (C=O) groups is 2. The van der Waals surface area contributed by atoms with Crippen molar-refractivity contribution in [2.24, 2.45) is 0 Å². The SMILES string of the molecule is COc1ccc(C(=O)CCCC(=O)NCCc2cccc(Cl)c2)cc1. The summed E-state index contributed by atoms with van der Waals surface area (Å²) in [4.78, 5) is 23.9. The third kappa shape index (κ3) is 6.59. The summed E-state index contributed by atoms with van der Waals surface area (Å²) in [5.41, 5.74) is 1.73. The Morgan fingerprint density at radius 2 is 1.84 bits per heavy atom. The Morgan fingerprint density at radius 3 is 2.52 bits per heavy atom. The van der Waals surface area contributed by atoms with Gasteiger partial charge in [0, 0.05) is 30.0 Å². The third-order valence-electron chi connectivity index (χ3n) is 3.84. The van der Waals surface area contributed by atoms with Gasteiger partial charge in [0.1, 0.15) is 5.75 Å². The highest BCUT2D eigenvalue weighted by Crippen LogP contribution is 2.14. The Kier molecular flexibility index (Phi) is 7.48. The molecule has 132 valence electrons. The molecule has 0 aliphatic heterocycles. The van der Waals surface area contributed by atoms with Gasteiger partial charge in [0.2, 0.25) is 5.91 Å². The molecule has 0 atom stereocenters. The second-order valence-corrected chi connectivity index (χ2v) is 6.17. The zero-order valence-electron chi connectivity index (χ0n) is 14.3. The molecule has 0 saturated carbocycles. The van der Waals surface area contributed by atoms with Gasteiger partial charge in [0.05, 0.1) is 7.11 Å². The summed E-state index contributed by atoms with van der Waals surface area (Å²) in [6, 6.07) is 14.6. The van der Waals surface area contributed by atoms with Crippen LogP contribution in [0.2, 0.25) is 5.02 Å². The number of hydrogen-bond acceptors (Lipinski definition) is 3. The van der Waals surface area contributed by atoms with E-state index in [4.69, 9.17) is 16.3 Å². The van der Waals surface area contributed by atoms with Crippen LogP contribution in [0.1, 0.15) is 35.2 Å². The van der Waals surface area contributed by atoms with E-state index in [9.17, 15) is 9.59 Å². The van der Waals surface area contributed by atoms with Crippen molar-refractivity contribution in [3.8, 4) is 5.75 Å². The smallest absolute Gasteiger partial charge is 0.220 e. The Bertz CT molecular complexity index is 713. The van der Waals surface area contributed by atoms with Gasteiger partial charge in [-0.15, -0.1) is 0 Å². The minimum atomic E-state index is -0.0374. The molecule has 1 N–H and O–H groups in total. The minimum absolute atomic E-state index is 0.0365. The number of nitrogens with one attached hydrogen (secondary N) is 1. The number of ether oxygens (including phenoxy) is 1. The molecule has 0 bridgehead atoms. The van der Waals surface area contributed by atoms with Crippen molar-refractivity contribution < 1.29 is 14.3 Å². The predicted molar refractivity (Wildman–Crippen MR) is 99.3 cm³/mol. The summed E-state index contributed by atoms with van der Waals surface area (Å²) in [6.45, 7) is 0.561. The van der Waals surface area contributed by atoms with E-state index >= 15 is 0 Å². The molecular formula is C20H22ClNO3. The molecule has 0 radical (unpaired) electrons. The Labute approximate surface area is 153 Å². The van der Waals surface area contributed by atoms with E-state index < -0.39 is 0 Å². The standard InChI is InChI=1S/C20H22ClNO3/c1-25-18-10-8-16(9-11-18)19(23)6-3-7-20(24)22-13-12-15-4-2-5-17(21)14-15/h2,4-5,8-11,14H,3,6-7,12-13H2,1H3,(H,22,24). The average molecular weight is 360 g/mol. The van der Waals surface area contributed by atoms with Crippen molar-refractivity contribution in [2.45, 2.75) is 25.7 Å². The van der Waals surface area contributed by atoms with Gasteiger partial charge in [-0.25, -0.2) is 0 Å². The fraction of sp³-hybridized carbons (Fsp3) is 0.300. The van der Waals surface area contributed by atoms with Crippen LogP contribution >= 0.6 is 11.6 Å². The second-order valence-electron chi connectivity index (χ2n) is 5.74. The van der Waals surface area contributed by atoms with Crippen molar-refractivity contribution in [3.05, 3.63) is 64.7 Å². The molecule has 0 heterocycles. The van der Waals surface area contributed by atoms with Crippen LogP contribution in [0.15, 0.2) is 48.5 Å². The lowest BCUT2D eigenvalue weighted by Crippen LogP contribution is -2.25. The van der Waals surface area contributed by atoms with Crippen molar-refractivity contribution in [3.63, 3.8) is 0 Å². The van der Waals surface area contributed by atoms with Crippen LogP contribution in [-0.4, -0.2) is 25.3 Å². The van der Waals surface area contributed by atoms with E-state index in [1.54, 1.807) is 31.4 Å². The Morgan fingerprint density at radius 1 is 1.08 bits per heavy atom. The van der Waals surface area contributed by atoms with Gasteiger partial charge >= 0.3 is 0 Å². The van der Waals surface area contributed by atoms with Gasteiger partial charge in [0.25, 0.3) is 0 Å². The number of ketones is 1. The lowest BCUT2D eigenvalue weighted by molar-refractivity contribution is -0.121. The highest BCUT2D eigenvalue weighted by Gasteiger charge is 2.08. The number of carbonyl (C=O) groups excluding carboxylic acids is 2. The Hall–Kier alpha value is -2.33. The molecule has 0 saturated heterocycles. The largest absolute Gasteiger partial charge is 0.497 e. The normalized spacial score (nSPS) is 10.3. The monoisotopic (exact) mass is 359 g/mol. The summed E-state index contributed by atoms with van der Waals surface area (Å²) < 4.78 is 5.07. The van der Waals surface area contributed by atoms with Crippen molar-refractivity contribution >= 4 is 23.3 Å². The number of methoxy groups -OCH3 is 1. The molecule has 4 nitrogen and oxygen atoms in total. The summed E-state index contributed by atoms with van der Waals surface area (Å²) >= 11 is 5.93. The van der Waals surface area contributed by atoms with Crippen LogP contribution in [0.4, 0.5) is 0 Å². The minimum Gasteiger partial charge on any atom is -0.497 e. The molecule has 2 rings (SSSR count). The molecule has 2 aromatic rings. The zero-order chi connectivity index (χ0) is 18.1.